The Kier molecular flexibility index (Phi) is 22.5. The summed E-state index contributed by atoms with van der Waals surface area (Å²) in [5.41, 5.74) is -0.522. The topological polar surface area (TPSA) is 140 Å². The number of nitriles is 1. The Labute approximate surface area is 211 Å². The smallest absolute Gasteiger partial charge is 0.210 e. The lowest BCUT2D eigenvalue weighted by atomic mass is 9.92. The molecule has 0 aromatic rings. The van der Waals surface area contributed by atoms with Crippen LogP contribution in [0.25, 0.3) is 0 Å². The van der Waals surface area contributed by atoms with Gasteiger partial charge in [-0.15, -0.1) is 0 Å². The van der Waals surface area contributed by atoms with Crippen molar-refractivity contribution in [3.05, 3.63) is 0 Å². The molecule has 0 aromatic heterocycles. The van der Waals surface area contributed by atoms with E-state index in [0.717, 1.165) is 25.7 Å². The van der Waals surface area contributed by atoms with E-state index in [1.807, 2.05) is 6.07 Å². The fraction of sp³-hybridized carbons (Fsp3) is 0.957. The highest BCUT2D eigenvalue weighted by Crippen LogP contribution is 2.22. The number of aliphatic hydroxyl groups is 3. The van der Waals surface area contributed by atoms with Gasteiger partial charge in [-0.3, -0.25) is 0 Å². The quantitative estimate of drug-likeness (QED) is 0.0926. The second-order valence-electron chi connectivity index (χ2n) is 7.99. The van der Waals surface area contributed by atoms with Gasteiger partial charge in [-0.25, -0.2) is 0 Å². The first-order valence-electron chi connectivity index (χ1n) is 13.4. The van der Waals surface area contributed by atoms with Crippen LogP contribution in [-0.2, 0) is 28.0 Å². The van der Waals surface area contributed by atoms with E-state index in [-0.39, 0.29) is 9.03 Å². The first-order valence-corrected chi connectivity index (χ1v) is 13.0. The predicted octanol–water partition coefficient (Wildman–Crippen LogP) is 2.20. The van der Waals surface area contributed by atoms with Crippen molar-refractivity contribution in [1.82, 2.24) is 0 Å². The van der Waals surface area contributed by atoms with Crippen molar-refractivity contribution in [2.24, 2.45) is 5.41 Å². The molecule has 0 fully saturated rings. The van der Waals surface area contributed by atoms with Crippen molar-refractivity contribution in [3.8, 4) is 6.07 Å². The Balaban J connectivity index is 4.46. The van der Waals surface area contributed by atoms with E-state index >= 15 is 0 Å². The van der Waals surface area contributed by atoms with Crippen LogP contribution in [0.15, 0.2) is 0 Å². The van der Waals surface area contributed by atoms with E-state index in [1.54, 1.807) is 0 Å². The lowest BCUT2D eigenvalue weighted by molar-refractivity contribution is -0.109. The summed E-state index contributed by atoms with van der Waals surface area (Å²) in [7, 11) is -0.0150. The van der Waals surface area contributed by atoms with Crippen LogP contribution in [0.3, 0.4) is 0 Å². The van der Waals surface area contributed by atoms with Gasteiger partial charge in [0.15, 0.2) is 9.03 Å². The molecule has 0 spiro atoms. The molecule has 202 valence electrons. The summed E-state index contributed by atoms with van der Waals surface area (Å²) in [4.78, 5) is 0. The third-order valence-electron chi connectivity index (χ3n) is 4.65. The van der Waals surface area contributed by atoms with Gasteiger partial charge in [0.2, 0.25) is 4.29 Å². The molecule has 1 atom stereocenters. The van der Waals surface area contributed by atoms with Crippen LogP contribution in [0.1, 0.15) is 51.4 Å². The third kappa shape index (κ3) is 22.1. The van der Waals surface area contributed by atoms with Crippen molar-refractivity contribution >= 4 is 9.03 Å². The standard InChI is InChI=1S/C23H46NO9P/c24-9-5-18-33-34-32-17-4-2-1-3-13-28-19-23(20-29-14-6-10-25,21-30-15-7-11-26)22-31-16-8-12-27/h25-27,34H,1-8,10-22H2/i25T,26T,27T. The van der Waals surface area contributed by atoms with Gasteiger partial charge in [0.1, 0.15) is 0 Å². The fourth-order valence-corrected chi connectivity index (χ4v) is 3.34. The van der Waals surface area contributed by atoms with Gasteiger partial charge >= 0.3 is 0 Å². The van der Waals surface area contributed by atoms with Gasteiger partial charge in [0.25, 0.3) is 0 Å². The minimum Gasteiger partial charge on any atom is -0.396 e. The summed E-state index contributed by atoms with van der Waals surface area (Å²) < 4.78 is 54.6. The van der Waals surface area contributed by atoms with Gasteiger partial charge in [-0.1, -0.05) is 12.8 Å². The largest absolute Gasteiger partial charge is 0.396 e. The van der Waals surface area contributed by atoms with Crippen LogP contribution in [0, 0.1) is 16.7 Å². The molecule has 10 nitrogen and oxygen atoms in total. The second-order valence-corrected chi connectivity index (χ2v) is 8.73. The number of rotatable bonds is 31. The van der Waals surface area contributed by atoms with E-state index in [1.165, 1.54) is 0 Å². The van der Waals surface area contributed by atoms with Crippen LogP contribution in [0.2, 0.25) is 0 Å². The molecule has 1 unspecified atom stereocenters. The molecule has 0 aromatic carbocycles. The molecule has 0 heterocycles. The normalized spacial score (nSPS) is 13.2. The molecular weight excluding hydrogens is 465 g/mol. The minimum atomic E-state index is -0.522. The highest BCUT2D eigenvalue weighted by Gasteiger charge is 2.32. The number of aliphatic hydroxyl groups excluding tert-OH is 3. The first-order chi connectivity index (χ1) is 18.2. The predicted molar refractivity (Wildman–Crippen MR) is 130 cm³/mol. The van der Waals surface area contributed by atoms with E-state index in [4.69, 9.17) is 37.6 Å². The molecule has 0 amide bonds. The molecule has 0 aliphatic heterocycles. The van der Waals surface area contributed by atoms with Gasteiger partial charge < -0.3 is 43.3 Å². The van der Waals surface area contributed by atoms with Gasteiger partial charge in [0, 0.05) is 46.2 Å². The maximum Gasteiger partial charge on any atom is 0.210 e. The lowest BCUT2D eigenvalue weighted by Crippen LogP contribution is -2.42. The number of hydrogen-bond donors (Lipinski definition) is 3. The number of hydrogen-bond acceptors (Lipinski definition) is 10. The molecule has 0 bridgehead atoms. The van der Waals surface area contributed by atoms with Crippen LogP contribution >= 0.6 is 9.03 Å². The number of ether oxygens (including phenoxy) is 4. The average Bonchev–Trinajstić information content (AvgIpc) is 2.91. The van der Waals surface area contributed by atoms with Crippen LogP contribution in [0.4, 0.5) is 0 Å². The Hall–Kier alpha value is -0.440. The highest BCUT2D eigenvalue weighted by atomic mass is 31.1. The summed E-state index contributed by atoms with van der Waals surface area (Å²) in [5, 5.41) is 21.5. The van der Waals surface area contributed by atoms with Gasteiger partial charge in [-0.2, -0.15) is 5.26 Å². The van der Waals surface area contributed by atoms with E-state index in [2.05, 4.69) is 15.3 Å². The van der Waals surface area contributed by atoms with Gasteiger partial charge in [0.05, 0.1) is 57.5 Å². The SMILES string of the molecule is [3H]OCCCOCC(COCCCCCCOPOCCC#N)(COCCCO[3H])COCCCO[3H]. The summed E-state index contributed by atoms with van der Waals surface area (Å²) in [6.07, 6.45) is 6.12. The van der Waals surface area contributed by atoms with Crippen LogP contribution in [0.5, 0.6) is 0 Å². The minimum absolute atomic E-state index is 0.0150. The fourth-order valence-electron chi connectivity index (χ4n) is 2.84. The van der Waals surface area contributed by atoms with Crippen molar-refractivity contribution in [3.63, 3.8) is 0 Å². The first kappa shape index (κ1) is 28.1. The Bertz CT molecular complexity index is 475. The van der Waals surface area contributed by atoms with Crippen molar-refractivity contribution in [1.29, 1.82) is 9.56 Å². The van der Waals surface area contributed by atoms with Crippen molar-refractivity contribution < 1.29 is 43.3 Å². The summed E-state index contributed by atoms with van der Waals surface area (Å²) in [5.74, 6) is 0. The second kappa shape index (κ2) is 27.2. The monoisotopic (exact) mass is 517 g/mol. The van der Waals surface area contributed by atoms with E-state index in [0.29, 0.717) is 112 Å². The third-order valence-corrected chi connectivity index (χ3v) is 5.29. The molecule has 0 saturated carbocycles. The molecule has 11 heteroatoms. The summed E-state index contributed by atoms with van der Waals surface area (Å²) in [6.45, 7) is 5.41. The Morgan fingerprint density at radius 1 is 0.618 bits per heavy atom. The molecule has 0 radical (unpaired) electrons. The molecule has 0 rings (SSSR count). The van der Waals surface area contributed by atoms with Gasteiger partial charge in [-0.05, 0) is 32.1 Å². The molecular formula is C23H46NO9P. The molecule has 3 N–H and O–H groups in total. The lowest BCUT2D eigenvalue weighted by Gasteiger charge is -2.33. The Morgan fingerprint density at radius 3 is 1.53 bits per heavy atom. The van der Waals surface area contributed by atoms with Crippen LogP contribution < -0.4 is 0 Å². The molecule has 0 saturated heterocycles. The maximum absolute atomic E-state index is 8.45. The summed E-state index contributed by atoms with van der Waals surface area (Å²) in [6, 6.07) is 2.02. The van der Waals surface area contributed by atoms with Crippen molar-refractivity contribution in [2.75, 3.05) is 85.9 Å². The average molecular weight is 518 g/mol. The summed E-state index contributed by atoms with van der Waals surface area (Å²) >= 11 is 0. The maximum atomic E-state index is 8.45. The Morgan fingerprint density at radius 2 is 1.06 bits per heavy atom. The van der Waals surface area contributed by atoms with Crippen molar-refractivity contribution in [2.45, 2.75) is 51.4 Å². The molecule has 0 aliphatic carbocycles. The number of nitrogens with zero attached hydrogens (tertiary/aromatic N) is 1. The highest BCUT2D eigenvalue weighted by molar-refractivity contribution is 7.26. The zero-order valence-corrected chi connectivity index (χ0v) is 21.5. The molecule has 34 heavy (non-hydrogen) atoms. The zero-order chi connectivity index (χ0) is 27.1. The zero-order valence-electron chi connectivity index (χ0n) is 23.5. The molecule has 0 aliphatic rings. The van der Waals surface area contributed by atoms with E-state index in [9.17, 15) is 0 Å². The number of unbranched alkanes of at least 4 members (excludes halogenated alkanes) is 3. The van der Waals surface area contributed by atoms with E-state index < -0.39 is 5.41 Å². The van der Waals surface area contributed by atoms with Crippen LogP contribution in [-0.4, -0.2) is 106 Å².